The maximum Gasteiger partial charge on any atom is 0.270 e. The smallest absolute Gasteiger partial charge is 0.270 e. The van der Waals surface area contributed by atoms with Crippen LogP contribution in [0, 0.1) is 21.4 Å². The topological polar surface area (TPSA) is 84.8 Å². The summed E-state index contributed by atoms with van der Waals surface area (Å²) in [5.74, 6) is 0. The van der Waals surface area contributed by atoms with Crippen LogP contribution in [0.5, 0.6) is 0 Å². The molecule has 0 N–H and O–H groups in total. The van der Waals surface area contributed by atoms with Gasteiger partial charge in [-0.1, -0.05) is 95.6 Å². The van der Waals surface area contributed by atoms with E-state index >= 15 is 0 Å². The van der Waals surface area contributed by atoms with Gasteiger partial charge in [0.25, 0.3) is 5.69 Å². The molecule has 1 aromatic heterocycles. The summed E-state index contributed by atoms with van der Waals surface area (Å²) in [4.78, 5) is 14.8. The van der Waals surface area contributed by atoms with Crippen LogP contribution in [0.4, 0.5) is 5.69 Å². The number of rotatable bonds is 19. The summed E-state index contributed by atoms with van der Waals surface area (Å²) in [6.07, 6.45) is 22.2. The van der Waals surface area contributed by atoms with Crippen LogP contribution in [0.25, 0.3) is 0 Å². The number of unbranched alkanes of at least 4 members (excludes halogenated alkanes) is 11. The number of hydrogen-bond donors (Lipinski definition) is 0. The van der Waals surface area contributed by atoms with E-state index in [1.807, 2.05) is 18.7 Å². The Hall–Kier alpha value is -2.39. The summed E-state index contributed by atoms with van der Waals surface area (Å²) >= 11 is 6.50. The van der Waals surface area contributed by atoms with Gasteiger partial charge in [0.15, 0.2) is 0 Å². The largest absolute Gasteiger partial charge is 0.337 e. The first-order valence-corrected chi connectivity index (χ1v) is 13.7. The minimum Gasteiger partial charge on any atom is -0.337 e. The first-order valence-electron chi connectivity index (χ1n) is 13.3. The molecule has 1 atom stereocenters. The number of non-ortho nitro benzene ring substituents is 1. The van der Waals surface area contributed by atoms with Gasteiger partial charge in [0, 0.05) is 31.1 Å². The molecule has 6 nitrogen and oxygen atoms in total. The Bertz CT molecular complexity index is 910. The van der Waals surface area contributed by atoms with Gasteiger partial charge >= 0.3 is 0 Å². The lowest BCUT2D eigenvalue weighted by molar-refractivity contribution is -0.384. The number of nitriles is 1. The van der Waals surface area contributed by atoms with Crippen molar-refractivity contribution in [2.24, 2.45) is 0 Å². The molecule has 2 rings (SSSR count). The molecule has 0 fully saturated rings. The number of nitrogens with zero attached hydrogens (tertiary/aromatic N) is 4. The van der Waals surface area contributed by atoms with Crippen molar-refractivity contribution >= 4 is 17.3 Å². The van der Waals surface area contributed by atoms with Crippen LogP contribution >= 0.6 is 11.6 Å². The van der Waals surface area contributed by atoms with Crippen molar-refractivity contribution in [3.63, 3.8) is 0 Å². The number of halogens is 1. The van der Waals surface area contributed by atoms with Crippen molar-refractivity contribution in [1.82, 2.24) is 9.55 Å². The van der Waals surface area contributed by atoms with Gasteiger partial charge in [-0.2, -0.15) is 5.26 Å². The van der Waals surface area contributed by atoms with Crippen molar-refractivity contribution in [1.29, 1.82) is 5.26 Å². The number of aryl methyl sites for hydroxylation is 1. The first-order chi connectivity index (χ1) is 17.0. The van der Waals surface area contributed by atoms with E-state index in [9.17, 15) is 15.4 Å². The normalized spacial score (nSPS) is 12.8. The van der Waals surface area contributed by atoms with Gasteiger partial charge in [0.05, 0.1) is 27.8 Å². The minimum absolute atomic E-state index is 0.0295. The number of nitro groups is 1. The molecule has 0 radical (unpaired) electrons. The Kier molecular flexibility index (Phi) is 13.4. The highest BCUT2D eigenvalue weighted by Gasteiger charge is 2.34. The second-order valence-corrected chi connectivity index (χ2v) is 10.1. The molecule has 2 aromatic rings. The fraction of sp³-hybridized carbons (Fsp3) is 0.643. The molecular weight excluding hydrogens is 460 g/mol. The molecule has 0 saturated heterocycles. The quantitative estimate of drug-likeness (QED) is 0.109. The van der Waals surface area contributed by atoms with E-state index in [2.05, 4.69) is 22.5 Å². The van der Waals surface area contributed by atoms with Crippen molar-refractivity contribution in [3.8, 4) is 6.07 Å². The predicted molar refractivity (Wildman–Crippen MR) is 143 cm³/mol. The molecule has 192 valence electrons. The summed E-state index contributed by atoms with van der Waals surface area (Å²) in [5, 5.41) is 21.8. The Morgan fingerprint density at radius 3 is 2.11 bits per heavy atom. The molecule has 1 unspecified atom stereocenters. The Balaban J connectivity index is 1.86. The SMILES string of the molecule is CCCCCCCCC(C#N)(CCCCCCCCCn1ccnc1)c1ccc([N+](=O)[O-])cc1Cl. The van der Waals surface area contributed by atoms with Crippen LogP contribution in [-0.2, 0) is 12.0 Å². The van der Waals surface area contributed by atoms with Gasteiger partial charge in [-0.25, -0.2) is 4.98 Å². The lowest BCUT2D eigenvalue weighted by Gasteiger charge is -2.28. The summed E-state index contributed by atoms with van der Waals surface area (Å²) in [7, 11) is 0. The molecular formula is C28H41ClN4O2. The average Bonchev–Trinajstić information content (AvgIpc) is 3.37. The highest BCUT2D eigenvalue weighted by atomic mass is 35.5. The van der Waals surface area contributed by atoms with Gasteiger partial charge in [-0.3, -0.25) is 10.1 Å². The van der Waals surface area contributed by atoms with E-state index < -0.39 is 10.3 Å². The maximum absolute atomic E-state index is 11.2. The molecule has 0 aliphatic carbocycles. The van der Waals surface area contributed by atoms with E-state index in [1.54, 1.807) is 6.07 Å². The summed E-state index contributed by atoms with van der Waals surface area (Å²) < 4.78 is 2.12. The molecule has 0 aliphatic heterocycles. The van der Waals surface area contributed by atoms with Crippen LogP contribution in [0.3, 0.4) is 0 Å². The lowest BCUT2D eigenvalue weighted by atomic mass is 9.73. The Morgan fingerprint density at radius 2 is 1.60 bits per heavy atom. The molecule has 0 spiro atoms. The molecule has 1 heterocycles. The second-order valence-electron chi connectivity index (χ2n) is 9.66. The zero-order chi connectivity index (χ0) is 25.4. The van der Waals surface area contributed by atoms with Crippen molar-refractivity contribution in [2.45, 2.75) is 115 Å². The number of aromatic nitrogens is 2. The number of imidazole rings is 1. The lowest BCUT2D eigenvalue weighted by Crippen LogP contribution is -2.25. The van der Waals surface area contributed by atoms with E-state index in [4.69, 9.17) is 11.6 Å². The third kappa shape index (κ3) is 10.0. The Morgan fingerprint density at radius 1 is 1.00 bits per heavy atom. The summed E-state index contributed by atoms with van der Waals surface area (Å²) in [6.45, 7) is 3.23. The van der Waals surface area contributed by atoms with Gasteiger partial charge in [-0.15, -0.1) is 0 Å². The van der Waals surface area contributed by atoms with Gasteiger partial charge in [0.1, 0.15) is 0 Å². The van der Waals surface area contributed by atoms with Crippen molar-refractivity contribution in [2.75, 3.05) is 0 Å². The highest BCUT2D eigenvalue weighted by molar-refractivity contribution is 6.31. The van der Waals surface area contributed by atoms with Crippen LogP contribution in [0.2, 0.25) is 5.02 Å². The third-order valence-corrected chi connectivity index (χ3v) is 7.24. The van der Waals surface area contributed by atoms with Crippen molar-refractivity contribution < 1.29 is 4.92 Å². The van der Waals surface area contributed by atoms with E-state index in [1.165, 1.54) is 63.5 Å². The van der Waals surface area contributed by atoms with E-state index in [0.29, 0.717) is 5.02 Å². The standard InChI is InChI=1S/C28H41ClN4O2/c1-2-3-4-5-9-12-17-28(23-30,26-16-15-25(33(34)35)22-27(26)29)18-13-10-7-6-8-11-14-20-32-21-19-31-24-32/h15-16,19,21-22,24H,2-14,17-18,20H2,1H3. The van der Waals surface area contributed by atoms with Gasteiger partial charge < -0.3 is 4.57 Å². The van der Waals surface area contributed by atoms with Gasteiger partial charge in [0.2, 0.25) is 0 Å². The van der Waals surface area contributed by atoms with Crippen LogP contribution in [0.15, 0.2) is 36.9 Å². The zero-order valence-corrected chi connectivity index (χ0v) is 22.0. The molecule has 1 aromatic carbocycles. The number of nitro benzene ring substituents is 1. The van der Waals surface area contributed by atoms with Crippen LogP contribution in [-0.4, -0.2) is 14.5 Å². The van der Waals surface area contributed by atoms with E-state index in [-0.39, 0.29) is 5.69 Å². The van der Waals surface area contributed by atoms with Crippen molar-refractivity contribution in [3.05, 3.63) is 57.6 Å². The predicted octanol–water partition coefficient (Wildman–Crippen LogP) is 8.78. The monoisotopic (exact) mass is 500 g/mol. The number of hydrogen-bond acceptors (Lipinski definition) is 4. The minimum atomic E-state index is -0.679. The molecule has 0 amide bonds. The average molecular weight is 501 g/mol. The molecule has 7 heteroatoms. The third-order valence-electron chi connectivity index (χ3n) is 6.93. The van der Waals surface area contributed by atoms with Gasteiger partial charge in [-0.05, 0) is 30.9 Å². The van der Waals surface area contributed by atoms with E-state index in [0.717, 1.165) is 57.1 Å². The first kappa shape index (κ1) is 28.8. The molecule has 0 saturated carbocycles. The number of benzene rings is 1. The summed E-state index contributed by atoms with van der Waals surface area (Å²) in [5.41, 5.74) is 0.0421. The van der Waals surface area contributed by atoms with Crippen LogP contribution in [0.1, 0.15) is 109 Å². The fourth-order valence-corrected chi connectivity index (χ4v) is 5.16. The summed E-state index contributed by atoms with van der Waals surface area (Å²) in [6, 6.07) is 7.18. The Labute approximate surface area is 215 Å². The van der Waals surface area contributed by atoms with Crippen LogP contribution < -0.4 is 0 Å². The molecule has 0 aliphatic rings. The second kappa shape index (κ2) is 16.3. The maximum atomic E-state index is 11.2. The zero-order valence-electron chi connectivity index (χ0n) is 21.3. The molecule has 35 heavy (non-hydrogen) atoms. The molecule has 0 bridgehead atoms. The highest BCUT2D eigenvalue weighted by Crippen LogP contribution is 2.40. The fourth-order valence-electron chi connectivity index (χ4n) is 4.80.